The molecule has 0 unspecified atom stereocenters. The second-order valence-corrected chi connectivity index (χ2v) is 3.30. The molecule has 11 heavy (non-hydrogen) atoms. The second kappa shape index (κ2) is 2.65. The van der Waals surface area contributed by atoms with E-state index >= 15 is 0 Å². The fourth-order valence-electron chi connectivity index (χ4n) is 1.77. The Balaban J connectivity index is 2.35. The molecule has 1 heteroatoms. The van der Waals surface area contributed by atoms with Crippen molar-refractivity contribution in [3.8, 4) is 0 Å². The monoisotopic (exact) mass is 147 g/mol. The zero-order valence-corrected chi connectivity index (χ0v) is 6.88. The molecule has 0 saturated carbocycles. The van der Waals surface area contributed by atoms with Gasteiger partial charge in [-0.25, -0.2) is 0 Å². The summed E-state index contributed by atoms with van der Waals surface area (Å²) >= 11 is 0. The average molecular weight is 147 g/mol. The predicted octanol–water partition coefficient (Wildman–Crippen LogP) is 2.70. The predicted molar refractivity (Wildman–Crippen MR) is 47.7 cm³/mol. The van der Waals surface area contributed by atoms with Gasteiger partial charge in [-0.3, -0.25) is 4.99 Å². The molecule has 1 aliphatic carbocycles. The number of hydrogen-bond acceptors (Lipinski definition) is 1. The van der Waals surface area contributed by atoms with E-state index in [2.05, 4.69) is 24.1 Å². The fourth-order valence-corrected chi connectivity index (χ4v) is 1.77. The van der Waals surface area contributed by atoms with Gasteiger partial charge in [-0.2, -0.15) is 0 Å². The number of nitrogens with zero attached hydrogens (tertiary/aromatic N) is 1. The standard InChI is InChI=1S/C10H13N/c1-8-4-2-6-10-9(8)5-3-7-11-10/h2,6-8H,3-5H2,1H3/t8-/m1/s1. The summed E-state index contributed by atoms with van der Waals surface area (Å²) in [6, 6.07) is 0. The van der Waals surface area contributed by atoms with Gasteiger partial charge in [0.05, 0.1) is 5.70 Å². The molecule has 2 aliphatic rings. The molecule has 0 radical (unpaired) electrons. The van der Waals surface area contributed by atoms with Gasteiger partial charge in [0, 0.05) is 6.21 Å². The van der Waals surface area contributed by atoms with E-state index < -0.39 is 0 Å². The van der Waals surface area contributed by atoms with E-state index in [0.29, 0.717) is 0 Å². The summed E-state index contributed by atoms with van der Waals surface area (Å²) in [5.74, 6) is 0.729. The number of rotatable bonds is 0. The highest BCUT2D eigenvalue weighted by molar-refractivity contribution is 5.63. The lowest BCUT2D eigenvalue weighted by molar-refractivity contribution is 0.638. The van der Waals surface area contributed by atoms with Crippen LogP contribution in [0.3, 0.4) is 0 Å². The Morgan fingerprint density at radius 1 is 1.55 bits per heavy atom. The van der Waals surface area contributed by atoms with Gasteiger partial charge in [0.2, 0.25) is 0 Å². The summed E-state index contributed by atoms with van der Waals surface area (Å²) in [5, 5.41) is 0. The van der Waals surface area contributed by atoms with Crippen LogP contribution in [0.15, 0.2) is 28.4 Å². The number of aliphatic imine (C=N–C) groups is 1. The van der Waals surface area contributed by atoms with E-state index in [0.717, 1.165) is 12.3 Å². The molecular weight excluding hydrogens is 134 g/mol. The molecule has 0 bridgehead atoms. The topological polar surface area (TPSA) is 12.4 Å². The summed E-state index contributed by atoms with van der Waals surface area (Å²) in [6.45, 7) is 2.29. The van der Waals surface area contributed by atoms with Crippen LogP contribution in [0.5, 0.6) is 0 Å². The number of allylic oxidation sites excluding steroid dienone is 3. The maximum Gasteiger partial charge on any atom is 0.0617 e. The summed E-state index contributed by atoms with van der Waals surface area (Å²) in [6.07, 6.45) is 9.98. The van der Waals surface area contributed by atoms with Gasteiger partial charge in [-0.15, -0.1) is 0 Å². The molecule has 58 valence electrons. The van der Waals surface area contributed by atoms with E-state index in [1.54, 1.807) is 5.57 Å². The third-order valence-corrected chi connectivity index (χ3v) is 2.46. The maximum atomic E-state index is 4.37. The lowest BCUT2D eigenvalue weighted by atomic mass is 9.87. The molecule has 0 aromatic heterocycles. The van der Waals surface area contributed by atoms with Gasteiger partial charge in [-0.05, 0) is 36.8 Å². The van der Waals surface area contributed by atoms with Gasteiger partial charge in [0.25, 0.3) is 0 Å². The van der Waals surface area contributed by atoms with Crippen molar-refractivity contribution in [3.05, 3.63) is 23.4 Å². The molecule has 0 spiro atoms. The van der Waals surface area contributed by atoms with Crippen LogP contribution in [0.2, 0.25) is 0 Å². The first-order valence-electron chi connectivity index (χ1n) is 4.30. The van der Waals surface area contributed by atoms with Crippen molar-refractivity contribution in [1.29, 1.82) is 0 Å². The first-order valence-corrected chi connectivity index (χ1v) is 4.30. The zero-order chi connectivity index (χ0) is 7.68. The first-order chi connectivity index (χ1) is 5.38. The molecule has 0 aromatic rings. The van der Waals surface area contributed by atoms with Crippen molar-refractivity contribution in [2.45, 2.75) is 26.2 Å². The molecular formula is C10H13N. The molecule has 0 fully saturated rings. The Morgan fingerprint density at radius 2 is 2.45 bits per heavy atom. The van der Waals surface area contributed by atoms with Crippen molar-refractivity contribution in [2.24, 2.45) is 10.9 Å². The molecule has 1 heterocycles. The zero-order valence-electron chi connectivity index (χ0n) is 6.88. The summed E-state index contributed by atoms with van der Waals surface area (Å²) in [4.78, 5) is 4.37. The van der Waals surface area contributed by atoms with Crippen LogP contribution in [-0.2, 0) is 0 Å². The summed E-state index contributed by atoms with van der Waals surface area (Å²) in [5.41, 5.74) is 2.80. The molecule has 1 aliphatic heterocycles. The maximum absolute atomic E-state index is 4.37. The highest BCUT2D eigenvalue weighted by atomic mass is 14.7. The molecule has 1 nitrogen and oxygen atoms in total. The van der Waals surface area contributed by atoms with Gasteiger partial charge in [-0.1, -0.05) is 13.0 Å². The quantitative estimate of drug-likeness (QED) is 0.499. The highest BCUT2D eigenvalue weighted by Crippen LogP contribution is 2.30. The second-order valence-electron chi connectivity index (χ2n) is 3.30. The van der Waals surface area contributed by atoms with Crippen LogP contribution in [0.25, 0.3) is 0 Å². The highest BCUT2D eigenvalue weighted by Gasteiger charge is 2.16. The van der Waals surface area contributed by atoms with Gasteiger partial charge in [0.15, 0.2) is 0 Å². The third kappa shape index (κ3) is 1.15. The van der Waals surface area contributed by atoms with Gasteiger partial charge in [0.1, 0.15) is 0 Å². The molecule has 2 rings (SSSR count). The normalized spacial score (nSPS) is 29.0. The summed E-state index contributed by atoms with van der Waals surface area (Å²) in [7, 11) is 0. The molecule has 1 atom stereocenters. The largest absolute Gasteiger partial charge is 0.261 e. The Morgan fingerprint density at radius 3 is 3.27 bits per heavy atom. The smallest absolute Gasteiger partial charge is 0.0617 e. The van der Waals surface area contributed by atoms with Crippen molar-refractivity contribution in [1.82, 2.24) is 0 Å². The molecule has 0 aromatic carbocycles. The van der Waals surface area contributed by atoms with E-state index in [4.69, 9.17) is 0 Å². The molecule has 0 amide bonds. The van der Waals surface area contributed by atoms with Crippen LogP contribution < -0.4 is 0 Å². The van der Waals surface area contributed by atoms with Crippen LogP contribution in [0.1, 0.15) is 26.2 Å². The first kappa shape index (κ1) is 6.84. The Labute approximate surface area is 67.5 Å². The van der Waals surface area contributed by atoms with E-state index in [1.807, 2.05) is 6.21 Å². The van der Waals surface area contributed by atoms with Crippen LogP contribution in [0, 0.1) is 5.92 Å². The Bertz CT molecular complexity index is 242. The van der Waals surface area contributed by atoms with Crippen molar-refractivity contribution in [2.75, 3.05) is 0 Å². The third-order valence-electron chi connectivity index (χ3n) is 2.46. The van der Waals surface area contributed by atoms with Crippen LogP contribution in [-0.4, -0.2) is 6.21 Å². The van der Waals surface area contributed by atoms with Crippen molar-refractivity contribution >= 4 is 6.21 Å². The summed E-state index contributed by atoms with van der Waals surface area (Å²) < 4.78 is 0. The minimum atomic E-state index is 0.729. The SMILES string of the molecule is C[C@@H]1CC=CC2=C1CCC=N2. The molecule has 0 saturated heterocycles. The minimum absolute atomic E-state index is 0.729. The number of hydrogen-bond donors (Lipinski definition) is 0. The van der Waals surface area contributed by atoms with E-state index in [9.17, 15) is 0 Å². The van der Waals surface area contributed by atoms with Crippen LogP contribution >= 0.6 is 0 Å². The van der Waals surface area contributed by atoms with Crippen molar-refractivity contribution in [3.63, 3.8) is 0 Å². The minimum Gasteiger partial charge on any atom is -0.261 e. The lowest BCUT2D eigenvalue weighted by Crippen LogP contribution is -2.08. The van der Waals surface area contributed by atoms with Crippen molar-refractivity contribution < 1.29 is 0 Å². The van der Waals surface area contributed by atoms with Gasteiger partial charge >= 0.3 is 0 Å². The lowest BCUT2D eigenvalue weighted by Gasteiger charge is -2.21. The Kier molecular flexibility index (Phi) is 1.65. The molecule has 0 N–H and O–H groups in total. The Hall–Kier alpha value is -0.850. The van der Waals surface area contributed by atoms with Gasteiger partial charge < -0.3 is 0 Å². The average Bonchev–Trinajstić information content (AvgIpc) is 2.06. The van der Waals surface area contributed by atoms with E-state index in [1.165, 1.54) is 18.5 Å². The fraction of sp³-hybridized carbons (Fsp3) is 0.500. The van der Waals surface area contributed by atoms with E-state index in [-0.39, 0.29) is 0 Å². The van der Waals surface area contributed by atoms with Crippen LogP contribution in [0.4, 0.5) is 0 Å².